The van der Waals surface area contributed by atoms with Gasteiger partial charge in [-0.2, -0.15) is 0 Å². The summed E-state index contributed by atoms with van der Waals surface area (Å²) in [6, 6.07) is 0. The van der Waals surface area contributed by atoms with Crippen LogP contribution >= 0.6 is 0 Å². The van der Waals surface area contributed by atoms with E-state index in [-0.39, 0.29) is 17.7 Å². The maximum atomic E-state index is 11.5. The van der Waals surface area contributed by atoms with Gasteiger partial charge in [0.2, 0.25) is 11.8 Å². The number of carbonyl (C=O) groups excluding carboxylic acids is 2. The number of hydrogen-bond acceptors (Lipinski definition) is 3. The molecule has 0 rings (SSSR count). The van der Waals surface area contributed by atoms with Crippen LogP contribution in [0.15, 0.2) is 0 Å². The second-order valence-corrected chi connectivity index (χ2v) is 10.1. The summed E-state index contributed by atoms with van der Waals surface area (Å²) in [7, 11) is 0. The molecule has 0 aliphatic heterocycles. The normalized spacial score (nSPS) is 11.0. The Balaban J connectivity index is -0.000000249. The molecule has 0 heterocycles. The Hall–Kier alpha value is -1.10. The van der Waals surface area contributed by atoms with Crippen LogP contribution in [0.25, 0.3) is 0 Å². The van der Waals surface area contributed by atoms with Crippen LogP contribution < -0.4 is 11.1 Å². The third kappa shape index (κ3) is 28.9. The van der Waals surface area contributed by atoms with Gasteiger partial charge < -0.3 is 15.8 Å². The lowest BCUT2D eigenvalue weighted by Crippen LogP contribution is -2.42. The molecule has 0 bridgehead atoms. The lowest BCUT2D eigenvalue weighted by Gasteiger charge is -2.28. The molecule has 0 fully saturated rings. The molecule has 31 heavy (non-hydrogen) atoms. The van der Waals surface area contributed by atoms with Crippen LogP contribution in [0.1, 0.15) is 116 Å². The highest BCUT2D eigenvalue weighted by Crippen LogP contribution is 2.21. The van der Waals surface area contributed by atoms with Crippen molar-refractivity contribution in [3.8, 4) is 0 Å². The summed E-state index contributed by atoms with van der Waals surface area (Å²) < 4.78 is 5.72. The molecule has 0 saturated heterocycles. The number of primary amides is 1. The fourth-order valence-corrected chi connectivity index (χ4v) is 1.26. The van der Waals surface area contributed by atoms with Gasteiger partial charge in [-0.1, -0.05) is 95.9 Å². The second-order valence-electron chi connectivity index (χ2n) is 10.1. The van der Waals surface area contributed by atoms with Gasteiger partial charge in [0.15, 0.2) is 0 Å². The molecule has 3 N–H and O–H groups in total. The predicted molar refractivity (Wildman–Crippen MR) is 137 cm³/mol. The molecule has 190 valence electrons. The van der Waals surface area contributed by atoms with Crippen molar-refractivity contribution in [1.29, 1.82) is 0 Å². The van der Waals surface area contributed by atoms with Gasteiger partial charge in [0.1, 0.15) is 0 Å². The summed E-state index contributed by atoms with van der Waals surface area (Å²) in [4.78, 5) is 22.7. The molecule has 0 aromatic carbocycles. The third-order valence-corrected chi connectivity index (χ3v) is 4.73. The van der Waals surface area contributed by atoms with E-state index >= 15 is 0 Å². The maximum Gasteiger partial charge on any atom is 0.223 e. The molecular formula is C26H58N2O3. The van der Waals surface area contributed by atoms with Crippen LogP contribution in [0.5, 0.6) is 0 Å². The zero-order valence-corrected chi connectivity index (χ0v) is 23.6. The zero-order chi connectivity index (χ0) is 25.8. The van der Waals surface area contributed by atoms with Crippen LogP contribution in [0.3, 0.4) is 0 Å². The molecule has 5 heteroatoms. The van der Waals surface area contributed by atoms with Crippen LogP contribution in [0.2, 0.25) is 0 Å². The molecule has 5 nitrogen and oxygen atoms in total. The molecule has 0 aromatic heterocycles. The Morgan fingerprint density at radius 3 is 1.48 bits per heavy atom. The smallest absolute Gasteiger partial charge is 0.223 e. The van der Waals surface area contributed by atoms with Crippen molar-refractivity contribution in [1.82, 2.24) is 5.32 Å². The van der Waals surface area contributed by atoms with Crippen LogP contribution in [0.4, 0.5) is 0 Å². The molecular weight excluding hydrogens is 388 g/mol. The van der Waals surface area contributed by atoms with Crippen molar-refractivity contribution < 1.29 is 14.3 Å². The van der Waals surface area contributed by atoms with E-state index in [1.165, 1.54) is 12.8 Å². The Kier molecular flexibility index (Phi) is 25.0. The number of nitrogens with two attached hydrogens (primary N) is 1. The van der Waals surface area contributed by atoms with Crippen molar-refractivity contribution in [2.24, 2.45) is 28.9 Å². The minimum atomic E-state index is -0.572. The minimum absolute atomic E-state index is 0.00846. The topological polar surface area (TPSA) is 81.4 Å². The number of nitrogens with one attached hydrogen (secondary N) is 1. The van der Waals surface area contributed by atoms with Gasteiger partial charge in [-0.05, 0) is 32.1 Å². The van der Waals surface area contributed by atoms with Gasteiger partial charge in [-0.25, -0.2) is 0 Å². The van der Waals surface area contributed by atoms with Gasteiger partial charge in [0.25, 0.3) is 0 Å². The highest BCUT2D eigenvalue weighted by molar-refractivity contribution is 5.79. The summed E-state index contributed by atoms with van der Waals surface area (Å²) in [5.74, 6) is 1.41. The average Bonchev–Trinajstić information content (AvgIpc) is 2.68. The molecule has 0 spiro atoms. The van der Waals surface area contributed by atoms with Crippen LogP contribution in [-0.4, -0.2) is 30.6 Å². The summed E-state index contributed by atoms with van der Waals surface area (Å²) in [6.07, 6.45) is 3.17. The second kappa shape index (κ2) is 20.8. The van der Waals surface area contributed by atoms with E-state index in [4.69, 9.17) is 10.5 Å². The lowest BCUT2D eigenvalue weighted by molar-refractivity contribution is -0.128. The van der Waals surface area contributed by atoms with Crippen molar-refractivity contribution >= 4 is 11.8 Å². The number of carbonyl (C=O) groups is 2. The third-order valence-electron chi connectivity index (χ3n) is 4.73. The highest BCUT2D eigenvalue weighted by atomic mass is 16.5. The fourth-order valence-electron chi connectivity index (χ4n) is 1.26. The number of amides is 2. The largest absolute Gasteiger partial charge is 0.374 e. The molecule has 0 saturated carbocycles. The zero-order valence-electron chi connectivity index (χ0n) is 23.6. The first kappa shape index (κ1) is 37.2. The van der Waals surface area contributed by atoms with Gasteiger partial charge in [-0.3, -0.25) is 9.59 Å². The fraction of sp³-hybridized carbons (Fsp3) is 0.923. The first-order valence-corrected chi connectivity index (χ1v) is 12.2. The molecule has 0 aliphatic rings. The maximum absolute atomic E-state index is 11.5. The molecule has 0 radical (unpaired) electrons. The van der Waals surface area contributed by atoms with Gasteiger partial charge >= 0.3 is 0 Å². The van der Waals surface area contributed by atoms with E-state index in [2.05, 4.69) is 46.9 Å². The Labute approximate surface area is 195 Å². The Bertz CT molecular complexity index is 420. The van der Waals surface area contributed by atoms with Gasteiger partial charge in [0, 0.05) is 24.5 Å². The van der Waals surface area contributed by atoms with E-state index in [9.17, 15) is 9.59 Å². The standard InChI is InChI=1S/C14H28N2O3.2C5H12.C2H6/c1-10(2)11(17)16-9-14(5,6)19-8-7-13(3,4)12(15)18;2*1-4-5(2)3;1-2/h10H,7-9H2,1-6H3,(H2,15,18)(H,16,17);2*5H,4H2,1-3H3;1-2H3. The summed E-state index contributed by atoms with van der Waals surface area (Å²) in [6.45, 7) is 29.3. The van der Waals surface area contributed by atoms with E-state index in [1.807, 2.05) is 41.5 Å². The molecule has 0 unspecified atom stereocenters. The molecule has 0 aromatic rings. The van der Waals surface area contributed by atoms with E-state index in [0.29, 0.717) is 19.6 Å². The molecule has 0 atom stereocenters. The van der Waals surface area contributed by atoms with E-state index < -0.39 is 11.0 Å². The number of ether oxygens (including phenoxy) is 1. The predicted octanol–water partition coefficient (Wildman–Crippen LogP) is 6.59. The highest BCUT2D eigenvalue weighted by Gasteiger charge is 2.27. The van der Waals surface area contributed by atoms with Crippen molar-refractivity contribution in [3.05, 3.63) is 0 Å². The SMILES string of the molecule is CC.CC(C)C(=O)NCC(C)(C)OCCC(C)(C)C(N)=O.CCC(C)C.CCC(C)C. The van der Waals surface area contributed by atoms with E-state index in [1.54, 1.807) is 13.8 Å². The average molecular weight is 447 g/mol. The van der Waals surface area contributed by atoms with Crippen LogP contribution in [-0.2, 0) is 14.3 Å². The van der Waals surface area contributed by atoms with Crippen molar-refractivity contribution in [3.63, 3.8) is 0 Å². The van der Waals surface area contributed by atoms with E-state index in [0.717, 1.165) is 11.8 Å². The minimum Gasteiger partial charge on any atom is -0.374 e. The number of rotatable bonds is 10. The number of hydrogen-bond donors (Lipinski definition) is 2. The Morgan fingerprint density at radius 1 is 0.871 bits per heavy atom. The lowest BCUT2D eigenvalue weighted by atomic mass is 9.89. The quantitative estimate of drug-likeness (QED) is 0.397. The van der Waals surface area contributed by atoms with Crippen molar-refractivity contribution in [2.75, 3.05) is 13.2 Å². The first-order valence-electron chi connectivity index (χ1n) is 12.2. The molecule has 0 aliphatic carbocycles. The first-order chi connectivity index (χ1) is 14.0. The summed E-state index contributed by atoms with van der Waals surface area (Å²) in [5.41, 5.74) is 4.27. The van der Waals surface area contributed by atoms with Crippen molar-refractivity contribution in [2.45, 2.75) is 122 Å². The summed E-state index contributed by atoms with van der Waals surface area (Å²) in [5, 5.41) is 2.84. The van der Waals surface area contributed by atoms with Gasteiger partial charge in [0.05, 0.1) is 5.60 Å². The summed E-state index contributed by atoms with van der Waals surface area (Å²) >= 11 is 0. The van der Waals surface area contributed by atoms with Gasteiger partial charge in [-0.15, -0.1) is 0 Å². The Morgan fingerprint density at radius 2 is 1.23 bits per heavy atom. The van der Waals surface area contributed by atoms with Crippen LogP contribution in [0, 0.1) is 23.2 Å². The monoisotopic (exact) mass is 446 g/mol. The molecule has 2 amide bonds.